The fourth-order valence-corrected chi connectivity index (χ4v) is 3.69. The molecule has 3 aromatic rings. The summed E-state index contributed by atoms with van der Waals surface area (Å²) in [6.45, 7) is 4.07. The fourth-order valence-electron chi connectivity index (χ4n) is 3.69. The summed E-state index contributed by atoms with van der Waals surface area (Å²) in [5.74, 6) is -0.161. The average molecular weight is 456 g/mol. The minimum absolute atomic E-state index is 0.161. The summed E-state index contributed by atoms with van der Waals surface area (Å²) in [4.78, 5) is 16.3. The average Bonchev–Trinajstić information content (AvgIpc) is 2.81. The van der Waals surface area contributed by atoms with Crippen molar-refractivity contribution in [3.05, 3.63) is 100 Å². The van der Waals surface area contributed by atoms with E-state index in [0.717, 1.165) is 28.3 Å². The van der Waals surface area contributed by atoms with Gasteiger partial charge in [0.15, 0.2) is 0 Å². The van der Waals surface area contributed by atoms with Crippen LogP contribution >= 0.6 is 0 Å². The Balaban J connectivity index is 1.87. The Morgan fingerprint density at radius 3 is 2.27 bits per heavy atom. The smallest absolute Gasteiger partial charge is 0.358 e. The quantitative estimate of drug-likeness (QED) is 0.474. The monoisotopic (exact) mass is 455 g/mol. The van der Waals surface area contributed by atoms with Gasteiger partial charge in [-0.1, -0.05) is 54.6 Å². The fraction of sp³-hybridized carbons (Fsp3) is 0.308. The van der Waals surface area contributed by atoms with Gasteiger partial charge < -0.3 is 5.32 Å². The first kappa shape index (κ1) is 24.5. The van der Waals surface area contributed by atoms with E-state index in [9.17, 15) is 18.0 Å². The molecule has 0 saturated carbocycles. The number of aryl methyl sites for hydroxylation is 3. The van der Waals surface area contributed by atoms with Crippen LogP contribution in [0.4, 0.5) is 13.2 Å². The van der Waals surface area contributed by atoms with E-state index in [4.69, 9.17) is 0 Å². The van der Waals surface area contributed by atoms with Crippen LogP contribution in [0.25, 0.3) is 0 Å². The van der Waals surface area contributed by atoms with Gasteiger partial charge in [0.05, 0.1) is 0 Å². The lowest BCUT2D eigenvalue weighted by atomic mass is 9.94. The van der Waals surface area contributed by atoms with Crippen LogP contribution < -0.4 is 10.6 Å². The zero-order valence-corrected chi connectivity index (χ0v) is 18.9. The lowest BCUT2D eigenvalue weighted by Gasteiger charge is -2.26. The predicted molar refractivity (Wildman–Crippen MR) is 123 cm³/mol. The Kier molecular flexibility index (Phi) is 7.87. The summed E-state index contributed by atoms with van der Waals surface area (Å²) in [6.07, 6.45) is -2.10. The van der Waals surface area contributed by atoms with Gasteiger partial charge in [0.25, 0.3) is 0 Å². The summed E-state index contributed by atoms with van der Waals surface area (Å²) >= 11 is 0. The molecule has 2 N–H and O–H groups in total. The molecular formula is C26H28F3N3O. The lowest BCUT2D eigenvalue weighted by molar-refractivity contribution is -0.141. The highest BCUT2D eigenvalue weighted by molar-refractivity contribution is 5.83. The number of carbonyl (C=O) groups is 1. The first-order valence-corrected chi connectivity index (χ1v) is 10.8. The number of benzene rings is 2. The van der Waals surface area contributed by atoms with Gasteiger partial charge in [0, 0.05) is 19.3 Å². The van der Waals surface area contributed by atoms with Crippen molar-refractivity contribution in [3.63, 3.8) is 0 Å². The number of hydrogen-bond acceptors (Lipinski definition) is 3. The molecule has 2 aromatic carbocycles. The number of nitrogens with zero attached hydrogens (tertiary/aromatic N) is 1. The first-order valence-electron chi connectivity index (χ1n) is 10.8. The highest BCUT2D eigenvalue weighted by atomic mass is 19.4. The lowest BCUT2D eigenvalue weighted by Crippen LogP contribution is -2.38. The Bertz CT molecular complexity index is 1070. The highest BCUT2D eigenvalue weighted by Gasteiger charge is 2.32. The van der Waals surface area contributed by atoms with E-state index >= 15 is 0 Å². The third-order valence-electron chi connectivity index (χ3n) is 5.78. The molecule has 0 aliphatic heterocycles. The molecule has 1 amide bonds. The minimum Gasteiger partial charge on any atom is -0.358 e. The standard InChI is InChI=1S/C26H28F3N3O/c1-17-9-12-21(15-18(17)2)22(13-10-19-11-14-23(31-16-19)26(27,28)29)32-24(25(33)30-3)20-7-5-4-6-8-20/h4-9,11-12,14-16,22,24,32H,10,13H2,1-3H3,(H,30,33). The highest BCUT2D eigenvalue weighted by Crippen LogP contribution is 2.29. The first-order chi connectivity index (χ1) is 15.7. The number of rotatable bonds is 8. The van der Waals surface area contributed by atoms with Crippen LogP contribution in [0, 0.1) is 13.8 Å². The van der Waals surface area contributed by atoms with E-state index in [1.807, 2.05) is 56.3 Å². The Morgan fingerprint density at radius 1 is 0.970 bits per heavy atom. The van der Waals surface area contributed by atoms with E-state index < -0.39 is 17.9 Å². The number of alkyl halides is 3. The second-order valence-corrected chi connectivity index (χ2v) is 8.11. The number of halogens is 3. The molecule has 3 rings (SSSR count). The molecule has 2 unspecified atom stereocenters. The predicted octanol–water partition coefficient (Wildman–Crippen LogP) is 5.47. The van der Waals surface area contributed by atoms with Crippen molar-refractivity contribution in [2.75, 3.05) is 7.05 Å². The van der Waals surface area contributed by atoms with E-state index in [0.29, 0.717) is 18.4 Å². The summed E-state index contributed by atoms with van der Waals surface area (Å²) in [7, 11) is 1.60. The van der Waals surface area contributed by atoms with E-state index in [1.165, 1.54) is 12.3 Å². The van der Waals surface area contributed by atoms with Crippen LogP contribution in [-0.4, -0.2) is 17.9 Å². The van der Waals surface area contributed by atoms with Crippen molar-refractivity contribution < 1.29 is 18.0 Å². The zero-order valence-electron chi connectivity index (χ0n) is 18.9. The second kappa shape index (κ2) is 10.6. The van der Waals surface area contributed by atoms with Gasteiger partial charge in [-0.05, 0) is 60.6 Å². The van der Waals surface area contributed by atoms with Crippen LogP contribution in [0.1, 0.15) is 52.0 Å². The maximum Gasteiger partial charge on any atom is 0.433 e. The molecule has 0 aliphatic carbocycles. The van der Waals surface area contributed by atoms with Crippen molar-refractivity contribution in [3.8, 4) is 0 Å². The molecule has 1 heterocycles. The Labute approximate surface area is 192 Å². The van der Waals surface area contributed by atoms with Gasteiger partial charge >= 0.3 is 6.18 Å². The molecule has 0 fully saturated rings. The molecule has 0 bridgehead atoms. The Morgan fingerprint density at radius 2 is 1.70 bits per heavy atom. The van der Waals surface area contributed by atoms with Gasteiger partial charge in [-0.2, -0.15) is 13.2 Å². The molecule has 33 heavy (non-hydrogen) atoms. The van der Waals surface area contributed by atoms with E-state index in [-0.39, 0.29) is 11.9 Å². The molecule has 2 atom stereocenters. The van der Waals surface area contributed by atoms with Crippen LogP contribution in [0.15, 0.2) is 66.9 Å². The number of hydrogen-bond donors (Lipinski definition) is 2. The van der Waals surface area contributed by atoms with Crippen molar-refractivity contribution in [1.29, 1.82) is 0 Å². The SMILES string of the molecule is CNC(=O)C(NC(CCc1ccc(C(F)(F)F)nc1)c1ccc(C)c(C)c1)c1ccccc1. The summed E-state index contributed by atoms with van der Waals surface area (Å²) in [5.41, 5.74) is 3.94. The van der Waals surface area contributed by atoms with Crippen molar-refractivity contribution in [2.45, 2.75) is 44.9 Å². The molecule has 0 aliphatic rings. The number of likely N-dealkylation sites (N-methyl/N-ethyl adjacent to an activating group) is 1. The zero-order chi connectivity index (χ0) is 24.0. The maximum atomic E-state index is 12.8. The number of nitrogens with one attached hydrogen (secondary N) is 2. The van der Waals surface area contributed by atoms with Gasteiger partial charge in [-0.3, -0.25) is 15.1 Å². The molecule has 1 aromatic heterocycles. The largest absolute Gasteiger partial charge is 0.433 e. The normalized spacial score (nSPS) is 13.4. The molecule has 0 radical (unpaired) electrons. The van der Waals surface area contributed by atoms with Crippen LogP contribution in [0.3, 0.4) is 0 Å². The second-order valence-electron chi connectivity index (χ2n) is 8.11. The molecule has 4 nitrogen and oxygen atoms in total. The summed E-state index contributed by atoms with van der Waals surface area (Å²) in [5, 5.41) is 6.19. The number of carbonyl (C=O) groups excluding carboxylic acids is 1. The minimum atomic E-state index is -4.46. The number of aromatic nitrogens is 1. The van der Waals surface area contributed by atoms with Crippen molar-refractivity contribution >= 4 is 5.91 Å². The van der Waals surface area contributed by atoms with Crippen LogP contribution in [-0.2, 0) is 17.4 Å². The molecular weight excluding hydrogens is 427 g/mol. The maximum absolute atomic E-state index is 12.8. The third-order valence-corrected chi connectivity index (χ3v) is 5.78. The van der Waals surface area contributed by atoms with Gasteiger partial charge in [-0.25, -0.2) is 0 Å². The Hall–Kier alpha value is -3.19. The molecule has 174 valence electrons. The van der Waals surface area contributed by atoms with Crippen LogP contribution in [0.2, 0.25) is 0 Å². The van der Waals surface area contributed by atoms with Gasteiger partial charge in [0.2, 0.25) is 5.91 Å². The van der Waals surface area contributed by atoms with Crippen molar-refractivity contribution in [1.82, 2.24) is 15.6 Å². The topological polar surface area (TPSA) is 54.0 Å². The molecule has 0 saturated heterocycles. The summed E-state index contributed by atoms with van der Waals surface area (Å²) in [6, 6.07) is 17.3. The summed E-state index contributed by atoms with van der Waals surface area (Å²) < 4.78 is 38.5. The number of amides is 1. The molecule has 7 heteroatoms. The number of pyridine rings is 1. The van der Waals surface area contributed by atoms with Crippen molar-refractivity contribution in [2.24, 2.45) is 0 Å². The third kappa shape index (κ3) is 6.42. The van der Waals surface area contributed by atoms with Gasteiger partial charge in [-0.15, -0.1) is 0 Å². The van der Waals surface area contributed by atoms with Gasteiger partial charge in [0.1, 0.15) is 11.7 Å². The van der Waals surface area contributed by atoms with E-state index in [2.05, 4.69) is 21.7 Å². The molecule has 0 spiro atoms. The van der Waals surface area contributed by atoms with Crippen LogP contribution in [0.5, 0.6) is 0 Å². The van der Waals surface area contributed by atoms with E-state index in [1.54, 1.807) is 7.05 Å².